The fourth-order valence-electron chi connectivity index (χ4n) is 1.49. The second kappa shape index (κ2) is 5.34. The van der Waals surface area contributed by atoms with Crippen LogP contribution in [-0.2, 0) is 0 Å². The highest BCUT2D eigenvalue weighted by Gasteiger charge is 2.10. The first-order valence-corrected chi connectivity index (χ1v) is 5.88. The van der Waals surface area contributed by atoms with Crippen molar-refractivity contribution in [3.63, 3.8) is 0 Å². The number of non-ortho nitro benzene ring substituents is 1. The van der Waals surface area contributed by atoms with Crippen molar-refractivity contribution in [2.45, 2.75) is 0 Å². The molecular formula is C12H8Cl2N2O3. The summed E-state index contributed by atoms with van der Waals surface area (Å²) >= 11 is 11.7. The van der Waals surface area contributed by atoms with Crippen molar-refractivity contribution in [1.82, 2.24) is 0 Å². The van der Waals surface area contributed by atoms with Crippen LogP contribution in [0.4, 0.5) is 11.4 Å². The van der Waals surface area contributed by atoms with E-state index < -0.39 is 4.92 Å². The number of nitrogens with zero attached hydrogens (tertiary/aromatic N) is 1. The molecule has 19 heavy (non-hydrogen) atoms. The third-order valence-corrected chi connectivity index (χ3v) is 2.63. The van der Waals surface area contributed by atoms with Gasteiger partial charge in [-0.2, -0.15) is 0 Å². The maximum atomic E-state index is 10.7. The molecule has 0 saturated heterocycles. The Labute approximate surface area is 118 Å². The molecule has 2 rings (SSSR count). The van der Waals surface area contributed by atoms with Crippen LogP contribution >= 0.6 is 23.2 Å². The number of halogens is 2. The maximum Gasteiger partial charge on any atom is 0.275 e. The molecule has 2 N–H and O–H groups in total. The summed E-state index contributed by atoms with van der Waals surface area (Å²) in [4.78, 5) is 10.2. The zero-order valence-corrected chi connectivity index (χ0v) is 11.0. The quantitative estimate of drug-likeness (QED) is 0.521. The highest BCUT2D eigenvalue weighted by atomic mass is 35.5. The highest BCUT2D eigenvalue weighted by Crippen LogP contribution is 2.31. The molecule has 0 unspecified atom stereocenters. The molecule has 0 atom stereocenters. The van der Waals surface area contributed by atoms with Gasteiger partial charge in [0, 0.05) is 27.9 Å². The van der Waals surface area contributed by atoms with Gasteiger partial charge in [0.2, 0.25) is 0 Å². The van der Waals surface area contributed by atoms with Gasteiger partial charge < -0.3 is 10.5 Å². The van der Waals surface area contributed by atoms with E-state index in [4.69, 9.17) is 33.7 Å². The van der Waals surface area contributed by atoms with Crippen LogP contribution in [0.25, 0.3) is 0 Å². The second-order valence-corrected chi connectivity index (χ2v) is 4.60. The van der Waals surface area contributed by atoms with Gasteiger partial charge >= 0.3 is 0 Å². The van der Waals surface area contributed by atoms with Gasteiger partial charge in [-0.05, 0) is 18.2 Å². The molecule has 0 aliphatic heterocycles. The number of anilines is 1. The zero-order valence-electron chi connectivity index (χ0n) is 9.47. The van der Waals surface area contributed by atoms with E-state index in [1.54, 1.807) is 18.2 Å². The molecule has 0 aliphatic rings. The van der Waals surface area contributed by atoms with Crippen molar-refractivity contribution < 1.29 is 9.66 Å². The largest absolute Gasteiger partial charge is 0.457 e. The Kier molecular flexibility index (Phi) is 3.78. The van der Waals surface area contributed by atoms with Crippen molar-refractivity contribution >= 4 is 34.6 Å². The summed E-state index contributed by atoms with van der Waals surface area (Å²) in [6.45, 7) is 0. The summed E-state index contributed by atoms with van der Waals surface area (Å²) in [5, 5.41) is 11.5. The van der Waals surface area contributed by atoms with Crippen molar-refractivity contribution in [2.75, 3.05) is 5.73 Å². The molecule has 0 spiro atoms. The molecule has 0 saturated carbocycles. The zero-order chi connectivity index (χ0) is 14.0. The first kappa shape index (κ1) is 13.5. The van der Waals surface area contributed by atoms with Gasteiger partial charge in [-0.15, -0.1) is 0 Å². The molecule has 0 heterocycles. The number of hydrogen-bond donors (Lipinski definition) is 1. The van der Waals surface area contributed by atoms with Crippen LogP contribution in [0, 0.1) is 10.1 Å². The number of rotatable bonds is 3. The normalized spacial score (nSPS) is 10.2. The Balaban J connectivity index is 2.35. The van der Waals surface area contributed by atoms with Crippen molar-refractivity contribution in [3.05, 3.63) is 56.6 Å². The Morgan fingerprint density at radius 1 is 1.00 bits per heavy atom. The van der Waals surface area contributed by atoms with Crippen molar-refractivity contribution in [2.24, 2.45) is 0 Å². The van der Waals surface area contributed by atoms with Crippen LogP contribution < -0.4 is 10.5 Å². The van der Waals surface area contributed by atoms with Crippen molar-refractivity contribution in [3.8, 4) is 11.5 Å². The van der Waals surface area contributed by atoms with E-state index in [-0.39, 0.29) is 17.1 Å². The Hall–Kier alpha value is -1.98. The van der Waals surface area contributed by atoms with Gasteiger partial charge in [0.1, 0.15) is 11.5 Å². The molecule has 0 bridgehead atoms. The molecule has 0 fully saturated rings. The van der Waals surface area contributed by atoms with Gasteiger partial charge in [0.25, 0.3) is 5.69 Å². The fraction of sp³-hybridized carbons (Fsp3) is 0. The molecule has 7 heteroatoms. The maximum absolute atomic E-state index is 10.7. The average molecular weight is 299 g/mol. The van der Waals surface area contributed by atoms with Gasteiger partial charge in [-0.25, -0.2) is 0 Å². The lowest BCUT2D eigenvalue weighted by molar-refractivity contribution is -0.384. The summed E-state index contributed by atoms with van der Waals surface area (Å²) in [7, 11) is 0. The average Bonchev–Trinajstić information content (AvgIpc) is 2.26. The predicted octanol–water partition coefficient (Wildman–Crippen LogP) is 4.28. The minimum Gasteiger partial charge on any atom is -0.457 e. The van der Waals surface area contributed by atoms with Crippen LogP contribution in [0.3, 0.4) is 0 Å². The lowest BCUT2D eigenvalue weighted by atomic mass is 10.2. The molecule has 2 aromatic carbocycles. The second-order valence-electron chi connectivity index (χ2n) is 3.72. The SMILES string of the molecule is Nc1cc(Oc2cc(Cl)cc(Cl)c2)cc([N+](=O)[O-])c1. The number of nitro benzene ring substituents is 1. The van der Waals surface area contributed by atoms with Gasteiger partial charge in [-0.3, -0.25) is 10.1 Å². The minimum atomic E-state index is -0.547. The number of nitrogen functional groups attached to an aromatic ring is 1. The summed E-state index contributed by atoms with van der Waals surface area (Å²) in [5.41, 5.74) is 5.66. The fourth-order valence-corrected chi connectivity index (χ4v) is 2.00. The first-order valence-electron chi connectivity index (χ1n) is 5.13. The van der Waals surface area contributed by atoms with E-state index in [0.717, 1.165) is 0 Å². The van der Waals surface area contributed by atoms with Crippen LogP contribution in [0.1, 0.15) is 0 Å². The molecule has 5 nitrogen and oxygen atoms in total. The third kappa shape index (κ3) is 3.49. The topological polar surface area (TPSA) is 78.4 Å². The Morgan fingerprint density at radius 2 is 1.58 bits per heavy atom. The number of ether oxygens (including phenoxy) is 1. The highest BCUT2D eigenvalue weighted by molar-refractivity contribution is 6.34. The van der Waals surface area contributed by atoms with Crippen LogP contribution in [-0.4, -0.2) is 4.92 Å². The Morgan fingerprint density at radius 3 is 2.16 bits per heavy atom. The first-order chi connectivity index (χ1) is 8.94. The van der Waals surface area contributed by atoms with E-state index in [9.17, 15) is 10.1 Å². The smallest absolute Gasteiger partial charge is 0.275 e. The van der Waals surface area contributed by atoms with E-state index >= 15 is 0 Å². The molecule has 0 amide bonds. The summed E-state index contributed by atoms with van der Waals surface area (Å²) in [5.74, 6) is 0.613. The predicted molar refractivity (Wildman–Crippen MR) is 74.0 cm³/mol. The third-order valence-electron chi connectivity index (χ3n) is 2.20. The van der Waals surface area contributed by atoms with Crippen molar-refractivity contribution in [1.29, 1.82) is 0 Å². The van der Waals surface area contributed by atoms with Gasteiger partial charge in [0.15, 0.2) is 0 Å². The summed E-state index contributed by atoms with van der Waals surface area (Å²) < 4.78 is 5.46. The number of benzene rings is 2. The van der Waals surface area contributed by atoms with Gasteiger partial charge in [-0.1, -0.05) is 23.2 Å². The standard InChI is InChI=1S/C12H8Cl2N2O3/c13-7-1-8(14)3-11(2-7)19-12-5-9(15)4-10(6-12)16(17)18/h1-6H,15H2. The van der Waals surface area contributed by atoms with E-state index in [2.05, 4.69) is 0 Å². The molecular weight excluding hydrogens is 291 g/mol. The van der Waals surface area contributed by atoms with Crippen LogP contribution in [0.15, 0.2) is 36.4 Å². The van der Waals surface area contributed by atoms with E-state index in [0.29, 0.717) is 15.8 Å². The lowest BCUT2D eigenvalue weighted by Gasteiger charge is -2.07. The molecule has 0 aromatic heterocycles. The lowest BCUT2D eigenvalue weighted by Crippen LogP contribution is -1.93. The Bertz CT molecular complexity index is 627. The monoisotopic (exact) mass is 298 g/mol. The summed E-state index contributed by atoms with van der Waals surface area (Å²) in [6.07, 6.45) is 0. The van der Waals surface area contributed by atoms with E-state index in [1.165, 1.54) is 18.2 Å². The van der Waals surface area contributed by atoms with Crippen LogP contribution in [0.5, 0.6) is 11.5 Å². The van der Waals surface area contributed by atoms with Crippen LogP contribution in [0.2, 0.25) is 10.0 Å². The van der Waals surface area contributed by atoms with Gasteiger partial charge in [0.05, 0.1) is 11.0 Å². The molecule has 0 aliphatic carbocycles. The number of hydrogen-bond acceptors (Lipinski definition) is 4. The van der Waals surface area contributed by atoms with E-state index in [1.807, 2.05) is 0 Å². The number of nitro groups is 1. The molecule has 0 radical (unpaired) electrons. The summed E-state index contributed by atoms with van der Waals surface area (Å²) in [6, 6.07) is 8.63. The number of nitrogens with two attached hydrogens (primary N) is 1. The molecule has 98 valence electrons. The molecule has 2 aromatic rings. The minimum absolute atomic E-state index is 0.150.